The van der Waals surface area contributed by atoms with Crippen LogP contribution in [-0.4, -0.2) is 93.0 Å². The Morgan fingerprint density at radius 3 is 1.56 bits per heavy atom. The maximum atomic E-state index is 14.1. The lowest BCUT2D eigenvalue weighted by Gasteiger charge is -2.33. The number of imide groups is 1. The van der Waals surface area contributed by atoms with Crippen LogP contribution in [0.2, 0.25) is 0 Å². The molecule has 0 bridgehead atoms. The summed E-state index contributed by atoms with van der Waals surface area (Å²) in [6, 6.07) is 2.28. The third-order valence-corrected chi connectivity index (χ3v) is 7.68. The molecular formula is C42H65N3O12. The summed E-state index contributed by atoms with van der Waals surface area (Å²) in [6.07, 6.45) is -2.75. The van der Waals surface area contributed by atoms with Crippen LogP contribution in [0.1, 0.15) is 135 Å². The minimum absolute atomic E-state index is 0.265. The number of nitrogens with one attached hydrogen (secondary N) is 1. The summed E-state index contributed by atoms with van der Waals surface area (Å²) in [4.78, 5) is 82.5. The average Bonchev–Trinajstić information content (AvgIpc) is 3.33. The predicted octanol–water partition coefficient (Wildman–Crippen LogP) is 8.66. The van der Waals surface area contributed by atoms with Gasteiger partial charge in [0.1, 0.15) is 40.1 Å². The largest absolute Gasteiger partial charge is 0.467 e. The van der Waals surface area contributed by atoms with Crippen molar-refractivity contribution < 1.29 is 57.2 Å². The van der Waals surface area contributed by atoms with Crippen molar-refractivity contribution in [1.29, 1.82) is 0 Å². The number of carbonyl (C=O) groups excluding carboxylic acids is 6. The SMILES string of the molecule is COC(=O)[C@@H](NC(=O)OC(C)(C)C)[C@@H](c1ccc2c(C[C@@H](C(=O)OC(C)(C)C)N(C(=O)OC(C)(C)C)C(=O)OC(C)(C)C)cn(C(=O)OC(C)(C)C)c2c1)C(C)C. The number of hydrogen-bond donors (Lipinski definition) is 1. The van der Waals surface area contributed by atoms with Gasteiger partial charge in [-0.15, -0.1) is 0 Å². The van der Waals surface area contributed by atoms with Crippen LogP contribution in [0.25, 0.3) is 10.9 Å². The average molecular weight is 804 g/mol. The Kier molecular flexibility index (Phi) is 15.1. The van der Waals surface area contributed by atoms with Gasteiger partial charge in [0, 0.05) is 23.9 Å². The molecular weight excluding hydrogens is 738 g/mol. The van der Waals surface area contributed by atoms with E-state index in [2.05, 4.69) is 5.32 Å². The molecule has 1 aromatic heterocycles. The predicted molar refractivity (Wildman–Crippen MR) is 214 cm³/mol. The number of rotatable bonds is 9. The lowest BCUT2D eigenvalue weighted by molar-refractivity contribution is -0.161. The number of methoxy groups -OCH3 is 1. The van der Waals surface area contributed by atoms with Crippen molar-refractivity contribution in [3.63, 3.8) is 0 Å². The molecule has 1 N–H and O–H groups in total. The molecule has 2 rings (SSSR count). The maximum Gasteiger partial charge on any atom is 0.420 e. The second-order valence-electron chi connectivity index (χ2n) is 19.3. The normalized spacial score (nSPS) is 14.2. The fourth-order valence-electron chi connectivity index (χ4n) is 5.78. The van der Waals surface area contributed by atoms with E-state index in [0.29, 0.717) is 26.9 Å². The second-order valence-corrected chi connectivity index (χ2v) is 19.3. The van der Waals surface area contributed by atoms with Gasteiger partial charge >= 0.3 is 36.3 Å². The molecule has 0 unspecified atom stereocenters. The highest BCUT2D eigenvalue weighted by Gasteiger charge is 2.43. The van der Waals surface area contributed by atoms with Crippen LogP contribution in [0.5, 0.6) is 0 Å². The fourth-order valence-corrected chi connectivity index (χ4v) is 5.78. The van der Waals surface area contributed by atoms with Crippen molar-refractivity contribution in [2.75, 3.05) is 7.11 Å². The molecule has 320 valence electrons. The zero-order valence-electron chi connectivity index (χ0n) is 37.1. The molecule has 2 aromatic rings. The smallest absolute Gasteiger partial charge is 0.420 e. The maximum absolute atomic E-state index is 14.1. The first-order chi connectivity index (χ1) is 25.6. The van der Waals surface area contributed by atoms with E-state index in [9.17, 15) is 28.8 Å². The number of nitrogens with zero attached hydrogens (tertiary/aromatic N) is 2. The first-order valence-electron chi connectivity index (χ1n) is 19.1. The van der Waals surface area contributed by atoms with E-state index in [1.807, 2.05) is 13.8 Å². The molecule has 15 nitrogen and oxygen atoms in total. The number of fused-ring (bicyclic) bond motifs is 1. The fraction of sp³-hybridized carbons (Fsp3) is 0.667. The van der Waals surface area contributed by atoms with Gasteiger partial charge in [0.25, 0.3) is 0 Å². The van der Waals surface area contributed by atoms with Gasteiger partial charge < -0.3 is 33.7 Å². The molecule has 0 radical (unpaired) electrons. The van der Waals surface area contributed by atoms with Crippen LogP contribution in [0.15, 0.2) is 24.4 Å². The Balaban J connectivity index is 2.98. The van der Waals surface area contributed by atoms with Crippen LogP contribution >= 0.6 is 0 Å². The molecule has 0 saturated heterocycles. The quantitative estimate of drug-likeness (QED) is 0.189. The number of carbonyl (C=O) groups is 6. The monoisotopic (exact) mass is 803 g/mol. The van der Waals surface area contributed by atoms with Gasteiger partial charge in [-0.2, -0.15) is 4.90 Å². The Morgan fingerprint density at radius 2 is 1.14 bits per heavy atom. The molecule has 0 aliphatic carbocycles. The number of benzene rings is 1. The molecule has 0 saturated carbocycles. The van der Waals surface area contributed by atoms with E-state index in [1.54, 1.807) is 122 Å². The van der Waals surface area contributed by atoms with Gasteiger partial charge in [0.05, 0.1) is 12.6 Å². The van der Waals surface area contributed by atoms with Crippen molar-refractivity contribution >= 4 is 47.2 Å². The van der Waals surface area contributed by atoms with Crippen LogP contribution in [0.4, 0.5) is 19.2 Å². The molecule has 0 aliphatic heterocycles. The first-order valence-corrected chi connectivity index (χ1v) is 19.1. The summed E-state index contributed by atoms with van der Waals surface area (Å²) < 4.78 is 34.6. The summed E-state index contributed by atoms with van der Waals surface area (Å²) in [6.45, 7) is 28.6. The van der Waals surface area contributed by atoms with Crippen LogP contribution in [0, 0.1) is 5.92 Å². The first kappa shape index (κ1) is 48.3. The minimum atomic E-state index is -1.63. The zero-order chi connectivity index (χ0) is 44.2. The third-order valence-electron chi connectivity index (χ3n) is 7.68. The molecule has 1 heterocycles. The minimum Gasteiger partial charge on any atom is -0.467 e. The third kappa shape index (κ3) is 14.9. The van der Waals surface area contributed by atoms with E-state index >= 15 is 0 Å². The van der Waals surface area contributed by atoms with Crippen molar-refractivity contribution in [2.45, 2.75) is 170 Å². The van der Waals surface area contributed by atoms with Gasteiger partial charge in [0.15, 0.2) is 0 Å². The lowest BCUT2D eigenvalue weighted by Crippen LogP contribution is -2.54. The number of hydrogen-bond acceptors (Lipinski definition) is 12. The molecule has 57 heavy (non-hydrogen) atoms. The Hall–Kier alpha value is -4.82. The second kappa shape index (κ2) is 17.8. The van der Waals surface area contributed by atoms with E-state index in [0.717, 1.165) is 0 Å². The standard InChI is InChI=1S/C42H65N3O12/c1-24(2)30(31(33(47)52-18)43-34(48)54-39(6,7)8)25-19-20-27-26(23-44(28(27)21-25)35(49)55-40(9,10)11)22-29(32(46)53-38(3,4)5)45(36(50)56-41(12,13)14)37(51)57-42(15,16)17/h19-21,23-24,29-31H,22H2,1-18H3,(H,43,48)/t29-,30+,31-/m0/s1. The molecule has 3 amide bonds. The molecule has 0 aliphatic rings. The van der Waals surface area contributed by atoms with Crippen LogP contribution < -0.4 is 5.32 Å². The topological polar surface area (TPSA) is 178 Å². The van der Waals surface area contributed by atoms with Crippen molar-refractivity contribution in [3.8, 4) is 0 Å². The summed E-state index contributed by atoms with van der Waals surface area (Å²) in [5.74, 6) is -2.60. The van der Waals surface area contributed by atoms with Gasteiger partial charge in [0.2, 0.25) is 0 Å². The highest BCUT2D eigenvalue weighted by atomic mass is 16.6. The lowest BCUT2D eigenvalue weighted by atomic mass is 9.82. The molecule has 1 aromatic carbocycles. The Bertz CT molecular complexity index is 1770. The summed E-state index contributed by atoms with van der Waals surface area (Å²) in [5, 5.41) is 3.12. The number of esters is 2. The molecule has 0 fully saturated rings. The van der Waals surface area contributed by atoms with Crippen molar-refractivity contribution in [3.05, 3.63) is 35.5 Å². The Labute approximate surface area is 337 Å². The van der Waals surface area contributed by atoms with Gasteiger partial charge in [-0.05, 0) is 127 Å². The molecule has 3 atom stereocenters. The number of ether oxygens (including phenoxy) is 6. The van der Waals surface area contributed by atoms with E-state index in [1.165, 1.54) is 17.9 Å². The highest BCUT2D eigenvalue weighted by Crippen LogP contribution is 2.34. The van der Waals surface area contributed by atoms with Crippen molar-refractivity contribution in [1.82, 2.24) is 14.8 Å². The number of alkyl carbamates (subject to hydrolysis) is 1. The number of amides is 3. The van der Waals surface area contributed by atoms with Gasteiger partial charge in [-0.25, -0.2) is 28.8 Å². The van der Waals surface area contributed by atoms with Crippen LogP contribution in [-0.2, 0) is 44.4 Å². The Morgan fingerprint density at radius 1 is 0.667 bits per heavy atom. The summed E-state index contributed by atoms with van der Waals surface area (Å²) in [7, 11) is 1.21. The highest BCUT2D eigenvalue weighted by molar-refractivity contribution is 5.96. The number of aromatic nitrogens is 1. The molecule has 15 heteroatoms. The van der Waals surface area contributed by atoms with E-state index in [4.69, 9.17) is 28.4 Å². The summed E-state index contributed by atoms with van der Waals surface area (Å²) in [5.41, 5.74) is -3.70. The zero-order valence-corrected chi connectivity index (χ0v) is 37.1. The van der Waals surface area contributed by atoms with Crippen LogP contribution in [0.3, 0.4) is 0 Å². The molecule has 0 spiro atoms. The summed E-state index contributed by atoms with van der Waals surface area (Å²) >= 11 is 0. The van der Waals surface area contributed by atoms with E-state index < -0.39 is 82.3 Å². The van der Waals surface area contributed by atoms with Gasteiger partial charge in [-0.1, -0.05) is 26.0 Å². The van der Waals surface area contributed by atoms with E-state index in [-0.39, 0.29) is 12.3 Å². The van der Waals surface area contributed by atoms with Crippen molar-refractivity contribution in [2.24, 2.45) is 5.92 Å². The van der Waals surface area contributed by atoms with Gasteiger partial charge in [-0.3, -0.25) is 4.57 Å².